The Morgan fingerprint density at radius 3 is 2.00 bits per heavy atom. The summed E-state index contributed by atoms with van der Waals surface area (Å²) in [4.78, 5) is 12.2. The molecule has 110 valence electrons. The molecular weight excluding hydrogens is 244 g/mol. The number of rotatable bonds is 2. The molecule has 4 heteroatoms. The van der Waals surface area contributed by atoms with E-state index in [1.54, 1.807) is 7.11 Å². The molecule has 0 aliphatic heterocycles. The number of ether oxygens (including phenoxy) is 2. The van der Waals surface area contributed by atoms with Crippen LogP contribution in [0.25, 0.3) is 0 Å². The summed E-state index contributed by atoms with van der Waals surface area (Å²) in [5.41, 5.74) is -0.598. The van der Waals surface area contributed by atoms with Gasteiger partial charge in [0.15, 0.2) is 0 Å². The first-order chi connectivity index (χ1) is 8.48. The van der Waals surface area contributed by atoms with Crippen molar-refractivity contribution in [2.24, 2.45) is 10.8 Å². The molecule has 0 aromatic carbocycles. The minimum Gasteiger partial charge on any atom is -0.466 e. The maximum absolute atomic E-state index is 12.2. The number of carbonyl (C=O) groups is 1. The van der Waals surface area contributed by atoms with Crippen LogP contribution in [0.1, 0.15) is 41.5 Å². The molecule has 0 saturated carbocycles. The van der Waals surface area contributed by atoms with E-state index in [-0.39, 0.29) is 5.97 Å². The highest BCUT2D eigenvalue weighted by molar-refractivity contribution is 5.91. The zero-order valence-corrected chi connectivity index (χ0v) is 13.2. The topological polar surface area (TPSA) is 55.8 Å². The molecule has 0 amide bonds. The molecule has 0 radical (unpaired) electrons. The van der Waals surface area contributed by atoms with Gasteiger partial charge in [0.1, 0.15) is 5.60 Å². The Labute approximate surface area is 115 Å². The Bertz CT molecular complexity index is 420. The third kappa shape index (κ3) is 1.93. The zero-order valence-electron chi connectivity index (χ0n) is 13.2. The second-order valence-corrected chi connectivity index (χ2v) is 6.55. The van der Waals surface area contributed by atoms with E-state index in [0.717, 1.165) is 5.57 Å². The number of aliphatic hydroxyl groups is 1. The van der Waals surface area contributed by atoms with Gasteiger partial charge in [-0.25, -0.2) is 4.79 Å². The molecule has 1 rings (SSSR count). The van der Waals surface area contributed by atoms with Crippen molar-refractivity contribution in [1.82, 2.24) is 0 Å². The number of carbonyl (C=O) groups excluding carboxylic acids is 1. The fourth-order valence-electron chi connectivity index (χ4n) is 3.05. The van der Waals surface area contributed by atoms with E-state index in [2.05, 4.69) is 0 Å². The fourth-order valence-corrected chi connectivity index (χ4v) is 3.05. The van der Waals surface area contributed by atoms with Gasteiger partial charge in [-0.1, -0.05) is 27.7 Å². The monoisotopic (exact) mass is 270 g/mol. The maximum Gasteiger partial charge on any atom is 0.334 e. The molecule has 0 fully saturated rings. The molecule has 19 heavy (non-hydrogen) atoms. The summed E-state index contributed by atoms with van der Waals surface area (Å²) in [6.45, 7) is 11.5. The number of hydrogen-bond acceptors (Lipinski definition) is 4. The van der Waals surface area contributed by atoms with Crippen LogP contribution in [-0.2, 0) is 14.3 Å². The van der Waals surface area contributed by atoms with Crippen LogP contribution in [-0.4, -0.2) is 37.0 Å². The minimum absolute atomic E-state index is 0.356. The van der Waals surface area contributed by atoms with E-state index < -0.39 is 22.5 Å². The Hall–Kier alpha value is -0.870. The molecule has 1 aliphatic carbocycles. The molecule has 0 saturated heterocycles. The summed E-state index contributed by atoms with van der Waals surface area (Å²) < 4.78 is 10.5. The van der Waals surface area contributed by atoms with Crippen LogP contribution in [0, 0.1) is 10.8 Å². The summed E-state index contributed by atoms with van der Waals surface area (Å²) in [5.74, 6) is -0.356. The predicted molar refractivity (Wildman–Crippen MR) is 73.7 cm³/mol. The lowest BCUT2D eigenvalue weighted by atomic mass is 9.52. The van der Waals surface area contributed by atoms with Gasteiger partial charge in [0.2, 0.25) is 0 Å². The number of aliphatic hydroxyl groups excluding tert-OH is 1. The van der Waals surface area contributed by atoms with Crippen molar-refractivity contribution < 1.29 is 19.4 Å². The first kappa shape index (κ1) is 16.2. The van der Waals surface area contributed by atoms with Gasteiger partial charge in [0.05, 0.1) is 13.2 Å². The summed E-state index contributed by atoms with van der Waals surface area (Å²) in [5, 5.41) is 10.7. The smallest absolute Gasteiger partial charge is 0.334 e. The molecule has 0 aromatic rings. The number of esters is 1. The molecule has 0 spiro atoms. The van der Waals surface area contributed by atoms with E-state index in [1.807, 2.05) is 41.5 Å². The predicted octanol–water partition coefficient (Wildman–Crippen LogP) is 2.31. The van der Waals surface area contributed by atoms with Crippen LogP contribution in [0.5, 0.6) is 0 Å². The van der Waals surface area contributed by atoms with Gasteiger partial charge < -0.3 is 14.6 Å². The van der Waals surface area contributed by atoms with Crippen LogP contribution in [0.3, 0.4) is 0 Å². The van der Waals surface area contributed by atoms with Crippen LogP contribution < -0.4 is 0 Å². The molecule has 1 N–H and O–H groups in total. The lowest BCUT2D eigenvalue weighted by Gasteiger charge is -2.56. The van der Waals surface area contributed by atoms with Crippen molar-refractivity contribution in [3.63, 3.8) is 0 Å². The van der Waals surface area contributed by atoms with Crippen molar-refractivity contribution in [3.05, 3.63) is 11.1 Å². The lowest BCUT2D eigenvalue weighted by Crippen LogP contribution is -2.61. The third-order valence-electron chi connectivity index (χ3n) is 5.37. The fraction of sp³-hybridized carbons (Fsp3) is 0.800. The highest BCUT2D eigenvalue weighted by Gasteiger charge is 2.59. The van der Waals surface area contributed by atoms with Crippen molar-refractivity contribution >= 4 is 5.97 Å². The first-order valence-electron chi connectivity index (χ1n) is 6.51. The van der Waals surface area contributed by atoms with E-state index in [0.29, 0.717) is 5.57 Å². The Morgan fingerprint density at radius 2 is 1.63 bits per heavy atom. The SMILES string of the molecule is COC(=O)C1=C(C)[C@@](C)(OC)C(O)C(C)(C)C1(C)C. The Kier molecular flexibility index (Phi) is 3.92. The molecule has 0 bridgehead atoms. The average Bonchev–Trinajstić information content (AvgIpc) is 2.34. The molecule has 2 atom stereocenters. The van der Waals surface area contributed by atoms with Gasteiger partial charge in [-0.15, -0.1) is 0 Å². The van der Waals surface area contributed by atoms with Gasteiger partial charge in [-0.3, -0.25) is 0 Å². The van der Waals surface area contributed by atoms with Crippen LogP contribution in [0.4, 0.5) is 0 Å². The Balaban J connectivity index is 3.67. The number of methoxy groups -OCH3 is 2. The van der Waals surface area contributed by atoms with Crippen molar-refractivity contribution in [2.75, 3.05) is 14.2 Å². The second-order valence-electron chi connectivity index (χ2n) is 6.55. The van der Waals surface area contributed by atoms with E-state index in [9.17, 15) is 9.90 Å². The van der Waals surface area contributed by atoms with Gasteiger partial charge in [-0.2, -0.15) is 0 Å². The summed E-state index contributed by atoms with van der Waals surface area (Å²) in [6, 6.07) is 0. The summed E-state index contributed by atoms with van der Waals surface area (Å²) in [6.07, 6.45) is -0.714. The Morgan fingerprint density at radius 1 is 1.16 bits per heavy atom. The first-order valence-corrected chi connectivity index (χ1v) is 6.51. The normalized spacial score (nSPS) is 33.2. The van der Waals surface area contributed by atoms with Gasteiger partial charge >= 0.3 is 5.97 Å². The van der Waals surface area contributed by atoms with E-state index in [1.165, 1.54) is 7.11 Å². The highest BCUT2D eigenvalue weighted by Crippen LogP contribution is 2.56. The quantitative estimate of drug-likeness (QED) is 0.782. The standard InChI is InChI=1S/C15H26O4/c1-9-10(11(16)18-7)13(2,3)14(4,5)12(17)15(9,6)19-8/h12,17H,1-8H3/t12?,15-/m1/s1. The van der Waals surface area contributed by atoms with Gasteiger partial charge in [0.25, 0.3) is 0 Å². The number of hydrogen-bond donors (Lipinski definition) is 1. The third-order valence-corrected chi connectivity index (χ3v) is 5.37. The largest absolute Gasteiger partial charge is 0.466 e. The minimum atomic E-state index is -0.886. The highest BCUT2D eigenvalue weighted by atomic mass is 16.5. The summed E-state index contributed by atoms with van der Waals surface area (Å²) >= 11 is 0. The van der Waals surface area contributed by atoms with E-state index >= 15 is 0 Å². The van der Waals surface area contributed by atoms with Gasteiger partial charge in [-0.05, 0) is 19.4 Å². The molecule has 1 aliphatic rings. The van der Waals surface area contributed by atoms with Crippen LogP contribution in [0.2, 0.25) is 0 Å². The van der Waals surface area contributed by atoms with Crippen molar-refractivity contribution in [1.29, 1.82) is 0 Å². The van der Waals surface area contributed by atoms with Crippen LogP contribution in [0.15, 0.2) is 11.1 Å². The van der Waals surface area contributed by atoms with E-state index in [4.69, 9.17) is 9.47 Å². The van der Waals surface area contributed by atoms with Gasteiger partial charge in [0, 0.05) is 23.5 Å². The average molecular weight is 270 g/mol. The molecular formula is C15H26O4. The van der Waals surface area contributed by atoms with Crippen LogP contribution >= 0.6 is 0 Å². The van der Waals surface area contributed by atoms with Crippen molar-refractivity contribution in [2.45, 2.75) is 53.2 Å². The zero-order chi connectivity index (χ0) is 15.2. The molecule has 0 heterocycles. The maximum atomic E-state index is 12.2. The molecule has 1 unspecified atom stereocenters. The lowest BCUT2D eigenvalue weighted by molar-refractivity contribution is -0.162. The van der Waals surface area contributed by atoms with Crippen molar-refractivity contribution in [3.8, 4) is 0 Å². The molecule has 4 nitrogen and oxygen atoms in total. The molecule has 0 aromatic heterocycles. The second kappa shape index (κ2) is 4.60. The summed E-state index contributed by atoms with van der Waals surface area (Å²) in [7, 11) is 2.93.